The Bertz CT molecular complexity index is 825. The molecule has 0 heterocycles. The van der Waals surface area contributed by atoms with Crippen LogP contribution in [0, 0.1) is 50.2 Å². The van der Waals surface area contributed by atoms with E-state index in [1.54, 1.807) is 5.57 Å². The molecule has 5 aliphatic rings. The van der Waals surface area contributed by atoms with Crippen LogP contribution < -0.4 is 0 Å². The number of fused-ring (bicyclic) bond motifs is 7. The van der Waals surface area contributed by atoms with Crippen LogP contribution in [0.5, 0.6) is 0 Å². The van der Waals surface area contributed by atoms with Gasteiger partial charge in [-0.3, -0.25) is 0 Å². The van der Waals surface area contributed by atoms with Gasteiger partial charge in [-0.15, -0.1) is 0 Å². The lowest BCUT2D eigenvalue weighted by molar-refractivity contribution is -0.205. The molecule has 0 bridgehead atoms. The van der Waals surface area contributed by atoms with Gasteiger partial charge in [-0.25, -0.2) is 0 Å². The second kappa shape index (κ2) is 6.66. The van der Waals surface area contributed by atoms with Crippen LogP contribution in [0.1, 0.15) is 113 Å². The van der Waals surface area contributed by atoms with E-state index in [4.69, 9.17) is 0 Å². The van der Waals surface area contributed by atoms with E-state index >= 15 is 0 Å². The summed E-state index contributed by atoms with van der Waals surface area (Å²) in [5.41, 5.74) is 2.98. The van der Waals surface area contributed by atoms with Crippen LogP contribution in [0.2, 0.25) is 0 Å². The molecule has 0 saturated heterocycles. The third kappa shape index (κ3) is 2.72. The Morgan fingerprint density at radius 2 is 1.44 bits per heavy atom. The van der Waals surface area contributed by atoms with Crippen LogP contribution in [-0.4, -0.2) is 22.4 Å². The minimum atomic E-state index is -0.175. The number of aliphatic hydroxyl groups excluding tert-OH is 2. The highest BCUT2D eigenvalue weighted by Gasteiger charge is 2.68. The molecule has 0 radical (unpaired) electrons. The van der Waals surface area contributed by atoms with Gasteiger partial charge >= 0.3 is 0 Å². The zero-order valence-corrected chi connectivity index (χ0v) is 22.2. The van der Waals surface area contributed by atoms with Crippen molar-refractivity contribution in [2.24, 2.45) is 50.2 Å². The Morgan fingerprint density at radius 1 is 0.750 bits per heavy atom. The Hall–Kier alpha value is -0.340. The normalized spacial score (nSPS) is 56.2. The van der Waals surface area contributed by atoms with Gasteiger partial charge in [0.15, 0.2) is 0 Å². The molecule has 182 valence electrons. The third-order valence-electron chi connectivity index (χ3n) is 13.2. The van der Waals surface area contributed by atoms with Crippen molar-refractivity contribution in [2.45, 2.75) is 125 Å². The molecule has 0 aromatic rings. The molecule has 9 atom stereocenters. The van der Waals surface area contributed by atoms with Gasteiger partial charge in [0.05, 0.1) is 12.2 Å². The minimum Gasteiger partial charge on any atom is -0.393 e. The molecule has 0 amide bonds. The fraction of sp³-hybridized carbons (Fsp3) is 0.933. The maximum Gasteiger partial charge on any atom is 0.0596 e. The zero-order valence-electron chi connectivity index (χ0n) is 22.2. The predicted molar refractivity (Wildman–Crippen MR) is 132 cm³/mol. The average Bonchev–Trinajstić information content (AvgIpc) is 2.68. The van der Waals surface area contributed by atoms with Crippen molar-refractivity contribution >= 4 is 0 Å². The molecule has 4 fully saturated rings. The molecule has 4 saturated carbocycles. The highest BCUT2D eigenvalue weighted by atomic mass is 16.3. The lowest BCUT2D eigenvalue weighted by atomic mass is 9.33. The van der Waals surface area contributed by atoms with E-state index in [-0.39, 0.29) is 33.9 Å². The molecule has 2 nitrogen and oxygen atoms in total. The third-order valence-corrected chi connectivity index (χ3v) is 13.2. The second-order valence-corrected chi connectivity index (χ2v) is 15.3. The van der Waals surface area contributed by atoms with Crippen molar-refractivity contribution in [1.82, 2.24) is 0 Å². The summed E-state index contributed by atoms with van der Waals surface area (Å²) in [5, 5.41) is 21.8. The molecule has 32 heavy (non-hydrogen) atoms. The number of hydrogen-bond donors (Lipinski definition) is 2. The molecular weight excluding hydrogens is 392 g/mol. The van der Waals surface area contributed by atoms with Gasteiger partial charge in [-0.2, -0.15) is 0 Å². The summed E-state index contributed by atoms with van der Waals surface area (Å²) in [4.78, 5) is 0. The van der Waals surface area contributed by atoms with E-state index in [9.17, 15) is 10.2 Å². The maximum atomic E-state index is 10.9. The first-order valence-electron chi connectivity index (χ1n) is 13.7. The van der Waals surface area contributed by atoms with E-state index < -0.39 is 0 Å². The average molecular weight is 443 g/mol. The molecule has 2 N–H and O–H groups in total. The van der Waals surface area contributed by atoms with Crippen molar-refractivity contribution in [3.05, 3.63) is 11.6 Å². The van der Waals surface area contributed by atoms with Crippen LogP contribution in [0.15, 0.2) is 11.6 Å². The van der Waals surface area contributed by atoms with Crippen LogP contribution in [0.25, 0.3) is 0 Å². The number of aliphatic hydroxyl groups is 2. The first-order chi connectivity index (χ1) is 14.6. The molecule has 0 aromatic heterocycles. The fourth-order valence-electron chi connectivity index (χ4n) is 10.6. The Balaban J connectivity index is 1.57. The summed E-state index contributed by atoms with van der Waals surface area (Å²) in [6.45, 7) is 19.6. The van der Waals surface area contributed by atoms with E-state index in [0.717, 1.165) is 19.3 Å². The Morgan fingerprint density at radius 3 is 2.12 bits per heavy atom. The molecule has 0 aromatic carbocycles. The van der Waals surface area contributed by atoms with E-state index in [1.165, 1.54) is 38.5 Å². The van der Waals surface area contributed by atoms with Crippen molar-refractivity contribution in [3.8, 4) is 0 Å². The topological polar surface area (TPSA) is 40.5 Å². The van der Waals surface area contributed by atoms with Gasteiger partial charge in [-0.1, -0.05) is 67.0 Å². The minimum absolute atomic E-state index is 0.00813. The van der Waals surface area contributed by atoms with Crippen LogP contribution in [0.3, 0.4) is 0 Å². The maximum absolute atomic E-state index is 10.9. The molecule has 5 rings (SSSR count). The summed E-state index contributed by atoms with van der Waals surface area (Å²) in [6, 6.07) is 0. The van der Waals surface area contributed by atoms with Crippen molar-refractivity contribution in [1.29, 1.82) is 0 Å². The molecule has 0 spiro atoms. The highest BCUT2D eigenvalue weighted by molar-refractivity contribution is 5.33. The summed E-state index contributed by atoms with van der Waals surface area (Å²) >= 11 is 0. The van der Waals surface area contributed by atoms with Crippen molar-refractivity contribution in [3.63, 3.8) is 0 Å². The van der Waals surface area contributed by atoms with Gasteiger partial charge in [0, 0.05) is 0 Å². The quantitative estimate of drug-likeness (QED) is 0.391. The van der Waals surface area contributed by atoms with Gasteiger partial charge in [-0.05, 0) is 108 Å². The lowest BCUT2D eigenvalue weighted by Gasteiger charge is -2.71. The summed E-state index contributed by atoms with van der Waals surface area (Å²) in [6.07, 6.45) is 13.0. The monoisotopic (exact) mass is 442 g/mol. The van der Waals surface area contributed by atoms with Crippen molar-refractivity contribution < 1.29 is 10.2 Å². The smallest absolute Gasteiger partial charge is 0.0596 e. The van der Waals surface area contributed by atoms with E-state index in [1.807, 2.05) is 0 Å². The molecule has 2 heteroatoms. The summed E-state index contributed by atoms with van der Waals surface area (Å²) in [5.74, 6) is 1.95. The molecule has 0 aliphatic heterocycles. The fourth-order valence-corrected chi connectivity index (χ4v) is 10.6. The van der Waals surface area contributed by atoms with Crippen LogP contribution in [0.4, 0.5) is 0 Å². The van der Waals surface area contributed by atoms with Crippen LogP contribution >= 0.6 is 0 Å². The first kappa shape index (κ1) is 23.4. The SMILES string of the molecule is CC1(C)C[C@@H]2C3=CC[C@@H]4[C@@]5(C)CC[C@H](O)C(C)(C)C5CC[C@@]4(C)[C@]3(C)CC[C@@]2(C)C[C@@H]1O. The number of allylic oxidation sites excluding steroid dienone is 2. The van der Waals surface area contributed by atoms with E-state index in [0.29, 0.717) is 28.6 Å². The molecule has 1 unspecified atom stereocenters. The largest absolute Gasteiger partial charge is 0.393 e. The van der Waals surface area contributed by atoms with Crippen molar-refractivity contribution in [2.75, 3.05) is 0 Å². The standard InChI is InChI=1S/C30H50O2/c1-25(2)17-20-19-9-10-22-28(6)13-12-23(31)26(3,4)21(28)11-14-30(22,8)29(19,7)16-15-27(20,5)18-24(25)32/h9,20-24,31-32H,10-18H2,1-8H3/t20-,21?,22-,23+,24+,27+,28+,29-,30-/m1/s1. The zero-order chi connectivity index (χ0) is 23.5. The highest BCUT2D eigenvalue weighted by Crippen LogP contribution is 2.75. The Kier molecular flexibility index (Phi) is 4.87. The Labute approximate surface area is 197 Å². The molecular formula is C30H50O2. The summed E-state index contributed by atoms with van der Waals surface area (Å²) < 4.78 is 0. The second-order valence-electron chi connectivity index (χ2n) is 15.3. The van der Waals surface area contributed by atoms with Gasteiger partial charge in [0.2, 0.25) is 0 Å². The van der Waals surface area contributed by atoms with Gasteiger partial charge in [0.1, 0.15) is 0 Å². The molecule has 5 aliphatic carbocycles. The van der Waals surface area contributed by atoms with E-state index in [2.05, 4.69) is 61.5 Å². The predicted octanol–water partition coefficient (Wildman–Crippen LogP) is 7.14. The lowest BCUT2D eigenvalue weighted by Crippen LogP contribution is -2.64. The first-order valence-corrected chi connectivity index (χ1v) is 13.7. The van der Waals surface area contributed by atoms with Gasteiger partial charge < -0.3 is 10.2 Å². The number of rotatable bonds is 0. The summed E-state index contributed by atoms with van der Waals surface area (Å²) in [7, 11) is 0. The van der Waals surface area contributed by atoms with Gasteiger partial charge in [0.25, 0.3) is 0 Å². The number of hydrogen-bond acceptors (Lipinski definition) is 2. The van der Waals surface area contributed by atoms with Crippen LogP contribution in [-0.2, 0) is 0 Å².